The van der Waals surface area contributed by atoms with Gasteiger partial charge in [-0.15, -0.1) is 0 Å². The molecule has 132 valence electrons. The lowest BCUT2D eigenvalue weighted by molar-refractivity contribution is -0.134. The van der Waals surface area contributed by atoms with Gasteiger partial charge < -0.3 is 10.2 Å². The minimum atomic E-state index is -0.839. The SMILES string of the molecule is Cc1ccc2c(c1)CCCN2C(=O)CN1C(=O)NC(C)(C2CC2)C1=O. The minimum Gasteiger partial charge on any atom is -0.323 e. The third-order valence-electron chi connectivity index (χ3n) is 5.64. The first-order chi connectivity index (χ1) is 11.9. The molecule has 2 aliphatic heterocycles. The van der Waals surface area contributed by atoms with Crippen LogP contribution < -0.4 is 10.2 Å². The Hall–Kier alpha value is -2.37. The van der Waals surface area contributed by atoms with E-state index in [1.54, 1.807) is 11.8 Å². The van der Waals surface area contributed by atoms with Crippen LogP contribution in [-0.4, -0.2) is 41.4 Å². The Kier molecular flexibility index (Phi) is 3.60. The Labute approximate surface area is 147 Å². The molecule has 6 heteroatoms. The van der Waals surface area contributed by atoms with E-state index in [-0.39, 0.29) is 24.3 Å². The van der Waals surface area contributed by atoms with Crippen LogP contribution in [0.25, 0.3) is 0 Å². The van der Waals surface area contributed by atoms with E-state index in [1.165, 1.54) is 5.56 Å². The summed E-state index contributed by atoms with van der Waals surface area (Å²) in [5.74, 6) is -0.273. The molecular formula is C19H23N3O3. The van der Waals surface area contributed by atoms with E-state index in [0.29, 0.717) is 6.54 Å². The molecule has 1 aromatic carbocycles. The lowest BCUT2D eigenvalue weighted by Crippen LogP contribution is -2.48. The Morgan fingerprint density at radius 3 is 2.80 bits per heavy atom. The maximum absolute atomic E-state index is 12.8. The number of carbonyl (C=O) groups excluding carboxylic acids is 3. The molecule has 2 heterocycles. The van der Waals surface area contributed by atoms with Crippen molar-refractivity contribution in [2.45, 2.75) is 45.1 Å². The molecule has 4 rings (SSSR count). The molecule has 1 saturated carbocycles. The predicted octanol–water partition coefficient (Wildman–Crippen LogP) is 1.99. The first-order valence-electron chi connectivity index (χ1n) is 8.94. The normalized spacial score (nSPS) is 25.8. The molecule has 4 amide bonds. The van der Waals surface area contributed by atoms with Crippen molar-refractivity contribution in [1.82, 2.24) is 10.2 Å². The smallest absolute Gasteiger partial charge is 0.323 e. The highest BCUT2D eigenvalue weighted by Crippen LogP contribution is 2.42. The monoisotopic (exact) mass is 341 g/mol. The number of nitrogens with zero attached hydrogens (tertiary/aromatic N) is 2. The summed E-state index contributed by atoms with van der Waals surface area (Å²) in [7, 11) is 0. The lowest BCUT2D eigenvalue weighted by atomic mass is 9.96. The Balaban J connectivity index is 1.53. The highest BCUT2D eigenvalue weighted by molar-refractivity contribution is 6.10. The zero-order chi connectivity index (χ0) is 17.8. The topological polar surface area (TPSA) is 69.7 Å². The van der Waals surface area contributed by atoms with E-state index in [2.05, 4.69) is 11.4 Å². The van der Waals surface area contributed by atoms with Crippen LogP contribution in [-0.2, 0) is 16.0 Å². The number of nitrogens with one attached hydrogen (secondary N) is 1. The summed E-state index contributed by atoms with van der Waals surface area (Å²) >= 11 is 0. The van der Waals surface area contributed by atoms with Gasteiger partial charge in [-0.05, 0) is 57.1 Å². The second-order valence-electron chi connectivity index (χ2n) is 7.58. The van der Waals surface area contributed by atoms with Gasteiger partial charge in [0.2, 0.25) is 5.91 Å². The number of amides is 4. The number of benzene rings is 1. The molecule has 25 heavy (non-hydrogen) atoms. The van der Waals surface area contributed by atoms with Crippen molar-refractivity contribution in [1.29, 1.82) is 0 Å². The van der Waals surface area contributed by atoms with Crippen LogP contribution in [0, 0.1) is 12.8 Å². The van der Waals surface area contributed by atoms with Crippen LogP contribution in [0.5, 0.6) is 0 Å². The van der Waals surface area contributed by atoms with Crippen LogP contribution in [0.2, 0.25) is 0 Å². The second kappa shape index (κ2) is 5.58. The van der Waals surface area contributed by atoms with Crippen LogP contribution in [0.1, 0.15) is 37.3 Å². The Morgan fingerprint density at radius 1 is 1.32 bits per heavy atom. The molecule has 6 nitrogen and oxygen atoms in total. The van der Waals surface area contributed by atoms with Gasteiger partial charge in [0, 0.05) is 12.2 Å². The van der Waals surface area contributed by atoms with Crippen molar-refractivity contribution in [3.8, 4) is 0 Å². The Morgan fingerprint density at radius 2 is 2.08 bits per heavy atom. The Bertz CT molecular complexity index is 771. The predicted molar refractivity (Wildman–Crippen MR) is 93.2 cm³/mol. The zero-order valence-electron chi connectivity index (χ0n) is 14.7. The van der Waals surface area contributed by atoms with Gasteiger partial charge in [0.25, 0.3) is 5.91 Å². The molecule has 1 aromatic rings. The average Bonchev–Trinajstić information content (AvgIpc) is 3.40. The molecular weight excluding hydrogens is 318 g/mol. The van der Waals surface area contributed by atoms with E-state index in [0.717, 1.165) is 41.8 Å². The van der Waals surface area contributed by atoms with E-state index in [9.17, 15) is 14.4 Å². The molecule has 1 aliphatic carbocycles. The molecule has 1 unspecified atom stereocenters. The third kappa shape index (κ3) is 2.60. The van der Waals surface area contributed by atoms with Crippen LogP contribution in [0.15, 0.2) is 18.2 Å². The summed E-state index contributed by atoms with van der Waals surface area (Å²) in [4.78, 5) is 40.6. The van der Waals surface area contributed by atoms with Gasteiger partial charge in [0.1, 0.15) is 12.1 Å². The molecule has 1 atom stereocenters. The fourth-order valence-corrected chi connectivity index (χ4v) is 4.00. The van der Waals surface area contributed by atoms with E-state index >= 15 is 0 Å². The van der Waals surface area contributed by atoms with Crippen LogP contribution in [0.3, 0.4) is 0 Å². The summed E-state index contributed by atoms with van der Waals surface area (Å²) in [6, 6.07) is 5.60. The summed E-state index contributed by atoms with van der Waals surface area (Å²) < 4.78 is 0. The van der Waals surface area contributed by atoms with Crippen LogP contribution in [0.4, 0.5) is 10.5 Å². The molecule has 0 bridgehead atoms. The number of fused-ring (bicyclic) bond motifs is 1. The van der Waals surface area contributed by atoms with Gasteiger partial charge in [-0.3, -0.25) is 14.5 Å². The first kappa shape index (κ1) is 16.1. The van der Waals surface area contributed by atoms with Crippen molar-refractivity contribution in [2.75, 3.05) is 18.0 Å². The molecule has 0 aromatic heterocycles. The van der Waals surface area contributed by atoms with E-state index < -0.39 is 11.6 Å². The lowest BCUT2D eigenvalue weighted by Gasteiger charge is -2.31. The number of hydrogen-bond acceptors (Lipinski definition) is 3. The van der Waals surface area contributed by atoms with Gasteiger partial charge in [-0.25, -0.2) is 4.79 Å². The highest BCUT2D eigenvalue weighted by Gasteiger charge is 2.56. The number of urea groups is 1. The second-order valence-corrected chi connectivity index (χ2v) is 7.58. The highest BCUT2D eigenvalue weighted by atomic mass is 16.2. The fourth-order valence-electron chi connectivity index (χ4n) is 4.00. The number of rotatable bonds is 3. The quantitative estimate of drug-likeness (QED) is 0.855. The van der Waals surface area contributed by atoms with Gasteiger partial charge in [-0.2, -0.15) is 0 Å². The van der Waals surface area contributed by atoms with Crippen LogP contribution >= 0.6 is 0 Å². The molecule has 0 spiro atoms. The van der Waals surface area contributed by atoms with Gasteiger partial charge >= 0.3 is 6.03 Å². The van der Waals surface area contributed by atoms with Gasteiger partial charge in [0.05, 0.1) is 0 Å². The summed E-state index contributed by atoms with van der Waals surface area (Å²) in [6.45, 7) is 4.24. The molecule has 1 saturated heterocycles. The van der Waals surface area contributed by atoms with Crippen molar-refractivity contribution in [2.24, 2.45) is 5.92 Å². The van der Waals surface area contributed by atoms with Crippen molar-refractivity contribution in [3.63, 3.8) is 0 Å². The number of hydrogen-bond donors (Lipinski definition) is 1. The fraction of sp³-hybridized carbons (Fsp3) is 0.526. The van der Waals surface area contributed by atoms with Crippen molar-refractivity contribution < 1.29 is 14.4 Å². The van der Waals surface area contributed by atoms with Gasteiger partial charge in [-0.1, -0.05) is 17.7 Å². The number of carbonyl (C=O) groups is 3. The maximum Gasteiger partial charge on any atom is 0.325 e. The largest absolute Gasteiger partial charge is 0.325 e. The summed E-state index contributed by atoms with van der Waals surface area (Å²) in [5, 5.41) is 2.79. The average molecular weight is 341 g/mol. The summed E-state index contributed by atoms with van der Waals surface area (Å²) in [5.41, 5.74) is 2.38. The van der Waals surface area contributed by atoms with E-state index in [4.69, 9.17) is 0 Å². The molecule has 2 fully saturated rings. The number of anilines is 1. The number of aryl methyl sites for hydroxylation is 2. The third-order valence-corrected chi connectivity index (χ3v) is 5.64. The molecule has 1 N–H and O–H groups in total. The molecule has 0 radical (unpaired) electrons. The summed E-state index contributed by atoms with van der Waals surface area (Å²) in [6.07, 6.45) is 3.73. The standard InChI is InChI=1S/C19H23N3O3/c1-12-5-8-15-13(10-12)4-3-9-21(15)16(23)11-22-17(24)19(2,14-6-7-14)20-18(22)25/h5,8,10,14H,3-4,6-7,9,11H2,1-2H3,(H,20,25). The van der Waals surface area contributed by atoms with E-state index in [1.807, 2.05) is 19.1 Å². The zero-order valence-corrected chi connectivity index (χ0v) is 14.7. The number of imide groups is 1. The molecule has 3 aliphatic rings. The van der Waals surface area contributed by atoms with Gasteiger partial charge in [0.15, 0.2) is 0 Å². The van der Waals surface area contributed by atoms with Crippen molar-refractivity contribution >= 4 is 23.5 Å². The van der Waals surface area contributed by atoms with Crippen molar-refractivity contribution in [3.05, 3.63) is 29.3 Å². The first-order valence-corrected chi connectivity index (χ1v) is 8.94. The maximum atomic E-state index is 12.8. The minimum absolute atomic E-state index is 0.194.